The maximum Gasteiger partial charge on any atom is 0.330 e. The Labute approximate surface area is 120 Å². The molecule has 1 fully saturated rings. The van der Waals surface area contributed by atoms with Gasteiger partial charge in [-0.05, 0) is 0 Å². The zero-order valence-corrected chi connectivity index (χ0v) is 11.6. The number of rotatable bonds is 6. The minimum atomic E-state index is -1.26. The number of hydrogen-bond acceptors (Lipinski definition) is 7. The summed E-state index contributed by atoms with van der Waals surface area (Å²) in [5.74, 6) is 0. The normalized spacial score (nSPS) is 28.9. The molecule has 9 heteroatoms. The van der Waals surface area contributed by atoms with Crippen molar-refractivity contribution in [1.82, 2.24) is 14.9 Å². The molecular formula is C12H19N3O6. The van der Waals surface area contributed by atoms with Crippen molar-refractivity contribution in [3.8, 4) is 0 Å². The summed E-state index contributed by atoms with van der Waals surface area (Å²) in [6.45, 7) is 1.38. The molecule has 0 amide bonds. The Bertz CT molecular complexity index is 571. The monoisotopic (exact) mass is 301 g/mol. The summed E-state index contributed by atoms with van der Waals surface area (Å²) in [4.78, 5) is 24.8. The summed E-state index contributed by atoms with van der Waals surface area (Å²) in [5, 5.41) is 23.0. The van der Waals surface area contributed by atoms with Crippen molar-refractivity contribution in [2.45, 2.75) is 24.5 Å². The van der Waals surface area contributed by atoms with Crippen LogP contribution in [0.4, 0.5) is 0 Å². The van der Waals surface area contributed by atoms with E-state index in [1.54, 1.807) is 7.11 Å². The number of H-pyrrole nitrogens is 1. The number of aromatic amines is 1. The van der Waals surface area contributed by atoms with Crippen LogP contribution in [0.15, 0.2) is 21.9 Å². The van der Waals surface area contributed by atoms with E-state index in [0.717, 1.165) is 10.6 Å². The number of nitrogens with one attached hydrogen (secondary N) is 2. The number of nitrogens with zero attached hydrogens (tertiary/aromatic N) is 1. The van der Waals surface area contributed by atoms with Gasteiger partial charge in [0.15, 0.2) is 6.23 Å². The van der Waals surface area contributed by atoms with Crippen LogP contribution in [0, 0.1) is 0 Å². The predicted molar refractivity (Wildman–Crippen MR) is 72.0 cm³/mol. The van der Waals surface area contributed by atoms with Crippen LogP contribution >= 0.6 is 0 Å². The number of hydrogen-bond donors (Lipinski definition) is 4. The number of aromatic nitrogens is 2. The molecule has 1 aromatic rings. The van der Waals surface area contributed by atoms with Crippen molar-refractivity contribution in [1.29, 1.82) is 0 Å². The molecule has 0 saturated carbocycles. The summed E-state index contributed by atoms with van der Waals surface area (Å²) in [5.41, 5.74) is -1.24. The topological polar surface area (TPSA) is 126 Å². The molecule has 4 N–H and O–H groups in total. The molecular weight excluding hydrogens is 282 g/mol. The number of aliphatic hydroxyl groups is 2. The fourth-order valence-electron chi connectivity index (χ4n) is 2.17. The zero-order valence-electron chi connectivity index (χ0n) is 11.6. The van der Waals surface area contributed by atoms with Crippen LogP contribution in [0.25, 0.3) is 0 Å². The van der Waals surface area contributed by atoms with Gasteiger partial charge in [0.05, 0.1) is 6.61 Å². The smallest absolute Gasteiger partial charge is 0.330 e. The maximum absolute atomic E-state index is 11.7. The van der Waals surface area contributed by atoms with Gasteiger partial charge in [0, 0.05) is 32.5 Å². The Morgan fingerprint density at radius 1 is 1.43 bits per heavy atom. The average Bonchev–Trinajstić information content (AvgIpc) is 2.72. The second-order valence-electron chi connectivity index (χ2n) is 4.76. The summed E-state index contributed by atoms with van der Waals surface area (Å²) >= 11 is 0. The molecule has 0 aromatic carbocycles. The molecule has 0 aliphatic carbocycles. The zero-order chi connectivity index (χ0) is 15.4. The van der Waals surface area contributed by atoms with Crippen molar-refractivity contribution >= 4 is 0 Å². The van der Waals surface area contributed by atoms with E-state index in [9.17, 15) is 19.8 Å². The minimum absolute atomic E-state index is 0.302. The van der Waals surface area contributed by atoms with Crippen LogP contribution in [0.1, 0.15) is 6.23 Å². The van der Waals surface area contributed by atoms with Crippen molar-refractivity contribution in [3.63, 3.8) is 0 Å². The van der Waals surface area contributed by atoms with Crippen LogP contribution < -0.4 is 16.6 Å². The number of aliphatic hydroxyl groups excluding tert-OH is 2. The van der Waals surface area contributed by atoms with E-state index in [1.807, 2.05) is 0 Å². The molecule has 9 nitrogen and oxygen atoms in total. The van der Waals surface area contributed by atoms with Gasteiger partial charge in [0.25, 0.3) is 5.56 Å². The molecule has 2 heterocycles. The minimum Gasteiger partial charge on any atom is -0.387 e. The lowest BCUT2D eigenvalue weighted by Gasteiger charge is -2.16. The first-order valence-corrected chi connectivity index (χ1v) is 6.57. The standard InChI is InChI=1S/C12H19N3O6/c1-20-5-3-13-6-7-9(17)10(18)11(21-7)15-4-2-8(16)14-12(15)19/h2,4,7,9-11,13,17-18H,3,5-6H2,1H3,(H,14,16,19)/t7-,9-,10-,11-/m1/s1. The fourth-order valence-corrected chi connectivity index (χ4v) is 2.17. The summed E-state index contributed by atoms with van der Waals surface area (Å²) in [6, 6.07) is 1.15. The molecule has 0 radical (unpaired) electrons. The van der Waals surface area contributed by atoms with E-state index in [2.05, 4.69) is 10.3 Å². The van der Waals surface area contributed by atoms with E-state index in [4.69, 9.17) is 9.47 Å². The lowest BCUT2D eigenvalue weighted by Crippen LogP contribution is -2.39. The van der Waals surface area contributed by atoms with Crippen LogP contribution in [0.3, 0.4) is 0 Å². The lowest BCUT2D eigenvalue weighted by atomic mass is 10.1. The Kier molecular flexibility index (Phi) is 5.26. The predicted octanol–water partition coefficient (Wildman–Crippen LogP) is -2.61. The molecule has 118 valence electrons. The fraction of sp³-hybridized carbons (Fsp3) is 0.667. The molecule has 1 aromatic heterocycles. The van der Waals surface area contributed by atoms with E-state index < -0.39 is 35.8 Å². The first-order valence-electron chi connectivity index (χ1n) is 6.57. The average molecular weight is 301 g/mol. The van der Waals surface area contributed by atoms with Crippen molar-refractivity contribution in [2.75, 3.05) is 26.8 Å². The van der Waals surface area contributed by atoms with Gasteiger partial charge in [-0.2, -0.15) is 0 Å². The molecule has 21 heavy (non-hydrogen) atoms. The van der Waals surface area contributed by atoms with E-state index >= 15 is 0 Å². The van der Waals surface area contributed by atoms with E-state index in [1.165, 1.54) is 6.20 Å². The van der Waals surface area contributed by atoms with Crippen LogP contribution in [-0.2, 0) is 9.47 Å². The number of methoxy groups -OCH3 is 1. The third-order valence-electron chi connectivity index (χ3n) is 3.29. The van der Waals surface area contributed by atoms with Crippen molar-refractivity contribution in [3.05, 3.63) is 33.1 Å². The molecule has 1 aliphatic heterocycles. The second kappa shape index (κ2) is 6.96. The molecule has 4 atom stereocenters. The van der Waals surface area contributed by atoms with Gasteiger partial charge in [-0.1, -0.05) is 0 Å². The third-order valence-corrected chi connectivity index (χ3v) is 3.29. The lowest BCUT2D eigenvalue weighted by molar-refractivity contribution is -0.0393. The maximum atomic E-state index is 11.7. The van der Waals surface area contributed by atoms with Crippen LogP contribution in [0.2, 0.25) is 0 Å². The van der Waals surface area contributed by atoms with Gasteiger partial charge in [0.1, 0.15) is 18.3 Å². The van der Waals surface area contributed by atoms with E-state index in [0.29, 0.717) is 19.7 Å². The molecule has 0 bridgehead atoms. The summed E-state index contributed by atoms with van der Waals surface area (Å²) in [7, 11) is 1.57. The Morgan fingerprint density at radius 2 is 2.19 bits per heavy atom. The van der Waals surface area contributed by atoms with Crippen LogP contribution in [0.5, 0.6) is 0 Å². The quantitative estimate of drug-likeness (QED) is 0.424. The van der Waals surface area contributed by atoms with Gasteiger partial charge >= 0.3 is 5.69 Å². The summed E-state index contributed by atoms with van der Waals surface area (Å²) in [6.07, 6.45) is -2.88. The highest BCUT2D eigenvalue weighted by Gasteiger charge is 2.43. The SMILES string of the molecule is COCCNC[C@H]1O[C@@H](n2ccc(=O)[nH]c2=O)[C@H](O)[C@@H]1O. The van der Waals surface area contributed by atoms with Crippen molar-refractivity contribution in [2.24, 2.45) is 0 Å². The van der Waals surface area contributed by atoms with Crippen LogP contribution in [-0.4, -0.2) is 64.9 Å². The Morgan fingerprint density at radius 3 is 2.86 bits per heavy atom. The number of ether oxygens (including phenoxy) is 2. The molecule has 1 saturated heterocycles. The Hall–Kier alpha value is -1.52. The van der Waals surface area contributed by atoms with Gasteiger partial charge in [0.2, 0.25) is 0 Å². The van der Waals surface area contributed by atoms with Gasteiger partial charge in [-0.3, -0.25) is 14.3 Å². The van der Waals surface area contributed by atoms with Crippen molar-refractivity contribution < 1.29 is 19.7 Å². The largest absolute Gasteiger partial charge is 0.387 e. The highest BCUT2D eigenvalue weighted by molar-refractivity contribution is 4.93. The van der Waals surface area contributed by atoms with Gasteiger partial charge in [-0.15, -0.1) is 0 Å². The van der Waals surface area contributed by atoms with Gasteiger partial charge in [-0.25, -0.2) is 4.79 Å². The first-order chi connectivity index (χ1) is 10.0. The first kappa shape index (κ1) is 15.9. The Balaban J connectivity index is 2.05. The van der Waals surface area contributed by atoms with Gasteiger partial charge < -0.3 is 25.0 Å². The molecule has 0 unspecified atom stereocenters. The third kappa shape index (κ3) is 3.57. The van der Waals surface area contributed by atoms with E-state index in [-0.39, 0.29) is 0 Å². The second-order valence-corrected chi connectivity index (χ2v) is 4.76. The summed E-state index contributed by atoms with van der Waals surface area (Å²) < 4.78 is 11.4. The molecule has 1 aliphatic rings. The molecule has 0 spiro atoms. The highest BCUT2D eigenvalue weighted by atomic mass is 16.6. The molecule has 2 rings (SSSR count). The highest BCUT2D eigenvalue weighted by Crippen LogP contribution is 2.27.